The van der Waals surface area contributed by atoms with E-state index >= 15 is 0 Å². The Morgan fingerprint density at radius 1 is 0.923 bits per heavy atom. The molecule has 0 radical (unpaired) electrons. The van der Waals surface area contributed by atoms with Crippen molar-refractivity contribution < 1.29 is 9.84 Å². The van der Waals surface area contributed by atoms with Gasteiger partial charge in [-0.1, -0.05) is 76.2 Å². The fourth-order valence-electron chi connectivity index (χ4n) is 4.22. The predicted molar refractivity (Wildman–Crippen MR) is 110 cm³/mol. The quantitative estimate of drug-likeness (QED) is 0.688. The lowest BCUT2D eigenvalue weighted by molar-refractivity contribution is -0.0349. The highest BCUT2D eigenvalue weighted by Crippen LogP contribution is 2.42. The summed E-state index contributed by atoms with van der Waals surface area (Å²) in [5.41, 5.74) is 5.04. The first-order chi connectivity index (χ1) is 12.3. The third-order valence-electron chi connectivity index (χ3n) is 5.53. The second-order valence-electron chi connectivity index (χ2n) is 8.18. The zero-order chi connectivity index (χ0) is 19.3. The van der Waals surface area contributed by atoms with Crippen molar-refractivity contribution in [2.45, 2.75) is 59.0 Å². The summed E-state index contributed by atoms with van der Waals surface area (Å²) in [7, 11) is 0. The van der Waals surface area contributed by atoms with Gasteiger partial charge in [0.2, 0.25) is 0 Å². The number of hydrogen-bond acceptors (Lipinski definition) is 2. The Hall–Kier alpha value is -1.64. The molecule has 2 aromatic carbocycles. The van der Waals surface area contributed by atoms with Gasteiger partial charge in [0.05, 0.1) is 19.3 Å². The van der Waals surface area contributed by atoms with Gasteiger partial charge in [0.15, 0.2) is 0 Å². The van der Waals surface area contributed by atoms with Gasteiger partial charge in [0, 0.05) is 11.3 Å². The highest BCUT2D eigenvalue weighted by atomic mass is 16.5. The van der Waals surface area contributed by atoms with Crippen LogP contribution in [0.15, 0.2) is 48.5 Å². The molecule has 2 unspecified atom stereocenters. The summed E-state index contributed by atoms with van der Waals surface area (Å²) in [6.07, 6.45) is -0.0307. The molecule has 2 aromatic rings. The van der Waals surface area contributed by atoms with Gasteiger partial charge in [-0.25, -0.2) is 0 Å². The van der Waals surface area contributed by atoms with Gasteiger partial charge in [-0.2, -0.15) is 0 Å². The SMILES string of the molecule is Cc1ccccc1C(C(C)C)C(OCCO)C(C)(C)c1ccccc1C. The van der Waals surface area contributed by atoms with Crippen LogP contribution in [0.2, 0.25) is 0 Å². The van der Waals surface area contributed by atoms with Gasteiger partial charge in [0.1, 0.15) is 0 Å². The molecule has 2 nitrogen and oxygen atoms in total. The van der Waals surface area contributed by atoms with Crippen molar-refractivity contribution in [1.82, 2.24) is 0 Å². The molecule has 26 heavy (non-hydrogen) atoms. The van der Waals surface area contributed by atoms with E-state index in [1.165, 1.54) is 22.3 Å². The third kappa shape index (κ3) is 4.36. The summed E-state index contributed by atoms with van der Waals surface area (Å²) in [5.74, 6) is 0.667. The van der Waals surface area contributed by atoms with Crippen molar-refractivity contribution in [2.24, 2.45) is 5.92 Å². The fourth-order valence-corrected chi connectivity index (χ4v) is 4.22. The van der Waals surface area contributed by atoms with Crippen molar-refractivity contribution in [3.8, 4) is 0 Å². The van der Waals surface area contributed by atoms with Gasteiger partial charge in [0.25, 0.3) is 0 Å². The van der Waals surface area contributed by atoms with E-state index in [0.29, 0.717) is 12.5 Å². The molecule has 0 aliphatic rings. The number of aryl methyl sites for hydroxylation is 2. The first-order valence-corrected chi connectivity index (χ1v) is 9.64. The molecule has 0 spiro atoms. The van der Waals surface area contributed by atoms with Gasteiger partial charge in [-0.3, -0.25) is 0 Å². The lowest BCUT2D eigenvalue weighted by atomic mass is 9.67. The van der Waals surface area contributed by atoms with Crippen LogP contribution in [0.4, 0.5) is 0 Å². The standard InChI is InChI=1S/C24H34O2/c1-17(2)22(20-13-9-7-11-18(20)3)23(26-16-15-25)24(5,6)21-14-10-8-12-19(21)4/h7-14,17,22-23,25H,15-16H2,1-6H3. The van der Waals surface area contributed by atoms with Gasteiger partial charge in [-0.15, -0.1) is 0 Å². The first kappa shape index (κ1) is 20.7. The summed E-state index contributed by atoms with van der Waals surface area (Å²) >= 11 is 0. The Bertz CT molecular complexity index is 703. The third-order valence-corrected chi connectivity index (χ3v) is 5.53. The summed E-state index contributed by atoms with van der Waals surface area (Å²) in [6, 6.07) is 17.2. The van der Waals surface area contributed by atoms with Crippen LogP contribution in [0.3, 0.4) is 0 Å². The highest BCUT2D eigenvalue weighted by Gasteiger charge is 2.41. The number of aliphatic hydroxyl groups excluding tert-OH is 1. The maximum atomic E-state index is 9.43. The van der Waals surface area contributed by atoms with Crippen LogP contribution < -0.4 is 0 Å². The van der Waals surface area contributed by atoms with E-state index in [9.17, 15) is 5.11 Å². The van der Waals surface area contributed by atoms with Gasteiger partial charge >= 0.3 is 0 Å². The summed E-state index contributed by atoms with van der Waals surface area (Å²) in [5, 5.41) is 9.43. The molecule has 2 atom stereocenters. The van der Waals surface area contributed by atoms with Crippen LogP contribution in [0.1, 0.15) is 55.9 Å². The lowest BCUT2D eigenvalue weighted by Gasteiger charge is -2.43. The molecule has 0 amide bonds. The lowest BCUT2D eigenvalue weighted by Crippen LogP contribution is -2.43. The summed E-state index contributed by atoms with van der Waals surface area (Å²) < 4.78 is 6.35. The highest BCUT2D eigenvalue weighted by molar-refractivity contribution is 5.37. The van der Waals surface area contributed by atoms with Crippen molar-refractivity contribution in [3.05, 3.63) is 70.8 Å². The van der Waals surface area contributed by atoms with E-state index in [-0.39, 0.29) is 24.0 Å². The number of benzene rings is 2. The van der Waals surface area contributed by atoms with Crippen molar-refractivity contribution in [1.29, 1.82) is 0 Å². The Balaban J connectivity index is 2.57. The zero-order valence-electron chi connectivity index (χ0n) is 17.1. The second kappa shape index (κ2) is 8.83. The Morgan fingerprint density at radius 2 is 1.50 bits per heavy atom. The van der Waals surface area contributed by atoms with Crippen molar-refractivity contribution >= 4 is 0 Å². The smallest absolute Gasteiger partial charge is 0.0738 e. The number of rotatable bonds is 8. The second-order valence-corrected chi connectivity index (χ2v) is 8.18. The monoisotopic (exact) mass is 354 g/mol. The van der Waals surface area contributed by atoms with E-state index in [0.717, 1.165) is 0 Å². The number of ether oxygens (including phenoxy) is 1. The molecule has 1 N–H and O–H groups in total. The molecule has 0 fully saturated rings. The molecule has 2 rings (SSSR count). The maximum Gasteiger partial charge on any atom is 0.0738 e. The molecular weight excluding hydrogens is 320 g/mol. The molecule has 0 bridgehead atoms. The van der Waals surface area contributed by atoms with E-state index in [1.807, 2.05) is 0 Å². The van der Waals surface area contributed by atoms with Crippen LogP contribution in [-0.2, 0) is 10.2 Å². The van der Waals surface area contributed by atoms with Crippen LogP contribution in [0.25, 0.3) is 0 Å². The molecule has 0 saturated carbocycles. The summed E-state index contributed by atoms with van der Waals surface area (Å²) in [4.78, 5) is 0. The Kier molecular flexibility index (Phi) is 7.02. The summed E-state index contributed by atoms with van der Waals surface area (Å²) in [6.45, 7) is 13.8. The fraction of sp³-hybridized carbons (Fsp3) is 0.500. The van der Waals surface area contributed by atoms with Crippen LogP contribution in [0, 0.1) is 19.8 Å². The van der Waals surface area contributed by atoms with E-state index in [4.69, 9.17) is 4.74 Å². The predicted octanol–water partition coefficient (Wildman–Crippen LogP) is 5.40. The van der Waals surface area contributed by atoms with E-state index in [2.05, 4.69) is 90.1 Å². The molecule has 2 heteroatoms. The average Bonchev–Trinajstić information content (AvgIpc) is 2.59. The Morgan fingerprint density at radius 3 is 2.04 bits per heavy atom. The molecular formula is C24H34O2. The minimum absolute atomic E-state index is 0.0307. The van der Waals surface area contributed by atoms with E-state index in [1.54, 1.807) is 0 Å². The van der Waals surface area contributed by atoms with Crippen LogP contribution >= 0.6 is 0 Å². The minimum Gasteiger partial charge on any atom is -0.394 e. The molecule has 0 heterocycles. The van der Waals surface area contributed by atoms with Gasteiger partial charge in [-0.05, 0) is 42.0 Å². The molecule has 0 aliphatic heterocycles. The van der Waals surface area contributed by atoms with Crippen molar-refractivity contribution in [2.75, 3.05) is 13.2 Å². The zero-order valence-corrected chi connectivity index (χ0v) is 17.1. The van der Waals surface area contributed by atoms with Crippen molar-refractivity contribution in [3.63, 3.8) is 0 Å². The van der Waals surface area contributed by atoms with Crippen LogP contribution in [0.5, 0.6) is 0 Å². The Labute approximate surface area is 159 Å². The minimum atomic E-state index is -0.183. The normalized spacial score (nSPS) is 14.5. The number of hydrogen-bond donors (Lipinski definition) is 1. The largest absolute Gasteiger partial charge is 0.394 e. The molecule has 0 saturated heterocycles. The van der Waals surface area contributed by atoms with Crippen LogP contribution in [-0.4, -0.2) is 24.4 Å². The van der Waals surface area contributed by atoms with E-state index < -0.39 is 0 Å². The number of aliphatic hydroxyl groups is 1. The maximum absolute atomic E-state index is 9.43. The molecule has 142 valence electrons. The topological polar surface area (TPSA) is 29.5 Å². The van der Waals surface area contributed by atoms with Gasteiger partial charge < -0.3 is 9.84 Å². The molecule has 0 aliphatic carbocycles. The first-order valence-electron chi connectivity index (χ1n) is 9.64. The average molecular weight is 355 g/mol. The molecule has 0 aromatic heterocycles.